The Morgan fingerprint density at radius 3 is 1.00 bits per heavy atom. The van der Waals surface area contributed by atoms with E-state index in [1.165, 1.54) is 55.6 Å². The molecule has 0 amide bonds. The van der Waals surface area contributed by atoms with Crippen LogP contribution in [0.2, 0.25) is 0 Å². The lowest BCUT2D eigenvalue weighted by Gasteiger charge is -2.29. The minimum atomic E-state index is 0.523. The van der Waals surface area contributed by atoms with E-state index in [0.717, 1.165) is 12.3 Å². The summed E-state index contributed by atoms with van der Waals surface area (Å²) in [6.07, 6.45) is 2.00. The van der Waals surface area contributed by atoms with E-state index in [-0.39, 0.29) is 0 Å². The monoisotopic (exact) mass is 442 g/mol. The first-order valence-corrected chi connectivity index (χ1v) is 13.3. The summed E-state index contributed by atoms with van der Waals surface area (Å²) in [4.78, 5) is 0. The van der Waals surface area contributed by atoms with Gasteiger partial charge in [-0.2, -0.15) is 0 Å². The van der Waals surface area contributed by atoms with E-state index in [4.69, 9.17) is 0 Å². The van der Waals surface area contributed by atoms with Gasteiger partial charge in [-0.25, -0.2) is 0 Å². The first-order chi connectivity index (χ1) is 14.0. The second-order valence-electron chi connectivity index (χ2n) is 10.1. The predicted octanol–water partition coefficient (Wildman–Crippen LogP) is 9.21. The van der Waals surface area contributed by atoms with Crippen molar-refractivity contribution >= 4 is 18.5 Å². The van der Waals surface area contributed by atoms with Crippen LogP contribution in [0, 0.1) is 13.8 Å². The molecule has 0 aliphatic carbocycles. The summed E-state index contributed by atoms with van der Waals surface area (Å²) in [6.45, 7) is 23.4. The topological polar surface area (TPSA) is 0 Å². The fraction of sp³-hybridized carbons (Fsp3) is 0.571. The lowest BCUT2D eigenvalue weighted by Crippen LogP contribution is -2.10. The molecule has 0 saturated heterocycles. The average Bonchev–Trinajstić information content (AvgIpc) is 2.66. The summed E-state index contributed by atoms with van der Waals surface area (Å²) in [5.41, 5.74) is 15.1. The van der Waals surface area contributed by atoms with E-state index in [9.17, 15) is 0 Å². The van der Waals surface area contributed by atoms with Crippen LogP contribution in [0.25, 0.3) is 11.1 Å². The van der Waals surface area contributed by atoms with Crippen LogP contribution in [0.1, 0.15) is 124 Å². The van der Waals surface area contributed by atoms with E-state index >= 15 is 0 Å². The van der Waals surface area contributed by atoms with Crippen molar-refractivity contribution in [2.45, 2.75) is 105 Å². The van der Waals surface area contributed by atoms with Crippen molar-refractivity contribution in [3.8, 4) is 11.1 Å². The van der Waals surface area contributed by atoms with Crippen molar-refractivity contribution in [1.82, 2.24) is 0 Å². The summed E-state index contributed by atoms with van der Waals surface area (Å²) in [6, 6.07) is 5.00. The molecular formula is C28H44P2. The van der Waals surface area contributed by atoms with Gasteiger partial charge in [0.25, 0.3) is 0 Å². The van der Waals surface area contributed by atoms with Crippen LogP contribution in [0.15, 0.2) is 12.1 Å². The first-order valence-electron chi connectivity index (χ1n) is 11.7. The van der Waals surface area contributed by atoms with Gasteiger partial charge in [-0.1, -0.05) is 67.5 Å². The third-order valence-electron chi connectivity index (χ3n) is 6.68. The SMILES string of the molecule is Cc1c(C(C)C)cc(C(C)C)c(CP)c1-c1c(C)c(C(C)C)cc(C(C)C)c1CP. The molecule has 0 aliphatic heterocycles. The fourth-order valence-electron chi connectivity index (χ4n) is 5.10. The van der Waals surface area contributed by atoms with Crippen molar-refractivity contribution in [3.05, 3.63) is 56.6 Å². The molecule has 2 aromatic rings. The van der Waals surface area contributed by atoms with Crippen LogP contribution in [0.3, 0.4) is 0 Å². The molecule has 0 heterocycles. The quantitative estimate of drug-likeness (QED) is 0.375. The zero-order valence-electron chi connectivity index (χ0n) is 21.0. The van der Waals surface area contributed by atoms with E-state index in [0.29, 0.717) is 23.7 Å². The van der Waals surface area contributed by atoms with Crippen LogP contribution >= 0.6 is 18.5 Å². The van der Waals surface area contributed by atoms with Crippen LogP contribution < -0.4 is 0 Å². The zero-order valence-corrected chi connectivity index (χ0v) is 23.3. The summed E-state index contributed by atoms with van der Waals surface area (Å²) in [5.74, 6) is 2.10. The van der Waals surface area contributed by atoms with Gasteiger partial charge in [0.15, 0.2) is 0 Å². The standard InChI is InChI=1S/C28H44P2/c1-15(2)21-11-23(17(5)6)25(13-29)27(19(21)9)28-20(10)22(16(3)4)12-24(18(7)8)26(28)14-30/h11-12,15-18H,13-14,29-30H2,1-10H3. The van der Waals surface area contributed by atoms with E-state index in [1.807, 2.05) is 0 Å². The summed E-state index contributed by atoms with van der Waals surface area (Å²) in [5, 5.41) is 0. The number of hydrogen-bond acceptors (Lipinski definition) is 0. The minimum absolute atomic E-state index is 0.523. The Kier molecular flexibility index (Phi) is 8.76. The molecule has 0 N–H and O–H groups in total. The molecular weight excluding hydrogens is 398 g/mol. The lowest BCUT2D eigenvalue weighted by molar-refractivity contribution is 0.813. The maximum Gasteiger partial charge on any atom is -0.0108 e. The van der Waals surface area contributed by atoms with Crippen LogP contribution in [0.4, 0.5) is 0 Å². The normalized spacial score (nSPS) is 12.1. The lowest BCUT2D eigenvalue weighted by atomic mass is 9.77. The Hall–Kier alpha value is -0.700. The first kappa shape index (κ1) is 25.6. The molecule has 0 aromatic heterocycles. The van der Waals surface area contributed by atoms with Crippen molar-refractivity contribution < 1.29 is 0 Å². The van der Waals surface area contributed by atoms with Crippen LogP contribution in [-0.4, -0.2) is 0 Å². The molecule has 0 saturated carbocycles. The van der Waals surface area contributed by atoms with Gasteiger partial charge in [-0.15, -0.1) is 18.5 Å². The van der Waals surface area contributed by atoms with Gasteiger partial charge in [0.1, 0.15) is 0 Å². The molecule has 0 nitrogen and oxygen atoms in total. The average molecular weight is 443 g/mol. The van der Waals surface area contributed by atoms with E-state index < -0.39 is 0 Å². The smallest absolute Gasteiger partial charge is 0.0108 e. The minimum Gasteiger partial charge on any atom is -0.133 e. The summed E-state index contributed by atoms with van der Waals surface area (Å²) >= 11 is 0. The highest BCUT2D eigenvalue weighted by Gasteiger charge is 2.25. The van der Waals surface area contributed by atoms with Crippen LogP contribution in [0.5, 0.6) is 0 Å². The van der Waals surface area contributed by atoms with Gasteiger partial charge < -0.3 is 0 Å². The Balaban J connectivity index is 3.16. The Labute approximate surface area is 191 Å². The molecule has 0 spiro atoms. The van der Waals surface area contributed by atoms with E-state index in [1.54, 1.807) is 0 Å². The molecule has 2 rings (SSSR count). The van der Waals surface area contributed by atoms with Gasteiger partial charge in [-0.3, -0.25) is 0 Å². The van der Waals surface area contributed by atoms with Crippen LogP contribution in [-0.2, 0) is 12.3 Å². The van der Waals surface area contributed by atoms with Gasteiger partial charge >= 0.3 is 0 Å². The summed E-state index contributed by atoms with van der Waals surface area (Å²) < 4.78 is 0. The van der Waals surface area contributed by atoms with Crippen molar-refractivity contribution in [2.75, 3.05) is 0 Å². The molecule has 30 heavy (non-hydrogen) atoms. The number of rotatable bonds is 7. The molecule has 2 unspecified atom stereocenters. The molecule has 2 heteroatoms. The van der Waals surface area contributed by atoms with Gasteiger partial charge in [0.05, 0.1) is 0 Å². The maximum absolute atomic E-state index is 3.02. The van der Waals surface area contributed by atoms with Crippen molar-refractivity contribution in [1.29, 1.82) is 0 Å². The highest BCUT2D eigenvalue weighted by Crippen LogP contribution is 2.45. The zero-order chi connectivity index (χ0) is 22.9. The number of hydrogen-bond donors (Lipinski definition) is 0. The Bertz CT molecular complexity index is 826. The molecule has 0 fully saturated rings. The third-order valence-corrected chi connectivity index (χ3v) is 7.50. The van der Waals surface area contributed by atoms with Crippen molar-refractivity contribution in [2.24, 2.45) is 0 Å². The van der Waals surface area contributed by atoms with Gasteiger partial charge in [-0.05, 0) is 105 Å². The maximum atomic E-state index is 3.02. The molecule has 2 aromatic carbocycles. The second-order valence-corrected chi connectivity index (χ2v) is 10.9. The predicted molar refractivity (Wildman–Crippen MR) is 145 cm³/mol. The Morgan fingerprint density at radius 2 is 0.800 bits per heavy atom. The molecule has 2 atom stereocenters. The van der Waals surface area contributed by atoms with Gasteiger partial charge in [0.2, 0.25) is 0 Å². The van der Waals surface area contributed by atoms with Gasteiger partial charge in [0, 0.05) is 0 Å². The molecule has 166 valence electrons. The highest BCUT2D eigenvalue weighted by atomic mass is 31.0. The Morgan fingerprint density at radius 1 is 0.533 bits per heavy atom. The highest BCUT2D eigenvalue weighted by molar-refractivity contribution is 7.15. The molecule has 0 bridgehead atoms. The largest absolute Gasteiger partial charge is 0.133 e. The summed E-state index contributed by atoms with van der Waals surface area (Å²) in [7, 11) is 6.05. The second kappa shape index (κ2) is 10.3. The number of benzene rings is 2. The molecule has 0 radical (unpaired) electrons. The van der Waals surface area contributed by atoms with Crippen molar-refractivity contribution in [3.63, 3.8) is 0 Å². The molecule has 0 aliphatic rings. The third kappa shape index (κ3) is 4.71. The van der Waals surface area contributed by atoms with E-state index in [2.05, 4.69) is 99.8 Å². The fourth-order valence-corrected chi connectivity index (χ4v) is 5.98.